The van der Waals surface area contributed by atoms with Crippen molar-refractivity contribution < 1.29 is 14.7 Å². The van der Waals surface area contributed by atoms with E-state index in [-0.39, 0.29) is 11.7 Å². The largest absolute Gasteiger partial charge is 0.481 e. The SMILES string of the molecule is CCCCCCCCC(Cc1ccc(C(=O)CCCCCCC)cc1)C(=O)O. The average molecular weight is 389 g/mol. The first-order chi connectivity index (χ1) is 13.6. The number of benzene rings is 1. The van der Waals surface area contributed by atoms with Crippen LogP contribution in [0.25, 0.3) is 0 Å². The fraction of sp³-hybridized carbons (Fsp3) is 0.680. The van der Waals surface area contributed by atoms with Crippen LogP contribution in [0.5, 0.6) is 0 Å². The number of ketones is 1. The van der Waals surface area contributed by atoms with Gasteiger partial charge in [0.1, 0.15) is 0 Å². The van der Waals surface area contributed by atoms with Crippen molar-refractivity contribution in [1.29, 1.82) is 0 Å². The molecule has 0 amide bonds. The molecular weight excluding hydrogens is 348 g/mol. The molecule has 0 heterocycles. The van der Waals surface area contributed by atoms with E-state index in [0.717, 1.165) is 43.2 Å². The normalized spacial score (nSPS) is 12.1. The first-order valence-corrected chi connectivity index (χ1v) is 11.4. The zero-order valence-electron chi connectivity index (χ0n) is 18.0. The van der Waals surface area contributed by atoms with Crippen molar-refractivity contribution in [1.82, 2.24) is 0 Å². The highest BCUT2D eigenvalue weighted by molar-refractivity contribution is 5.96. The summed E-state index contributed by atoms with van der Waals surface area (Å²) < 4.78 is 0. The van der Waals surface area contributed by atoms with Crippen molar-refractivity contribution in [2.75, 3.05) is 0 Å². The third-order valence-corrected chi connectivity index (χ3v) is 5.52. The molecule has 0 radical (unpaired) electrons. The maximum absolute atomic E-state index is 12.3. The van der Waals surface area contributed by atoms with E-state index in [1.165, 1.54) is 44.9 Å². The molecule has 3 nitrogen and oxygen atoms in total. The van der Waals surface area contributed by atoms with Crippen molar-refractivity contribution >= 4 is 11.8 Å². The molecule has 3 heteroatoms. The predicted molar refractivity (Wildman–Crippen MR) is 117 cm³/mol. The molecule has 1 N–H and O–H groups in total. The van der Waals surface area contributed by atoms with E-state index in [1.807, 2.05) is 24.3 Å². The Morgan fingerprint density at radius 2 is 1.32 bits per heavy atom. The molecule has 28 heavy (non-hydrogen) atoms. The summed E-state index contributed by atoms with van der Waals surface area (Å²) >= 11 is 0. The number of aliphatic carboxylic acids is 1. The van der Waals surface area contributed by atoms with Gasteiger partial charge in [-0.15, -0.1) is 0 Å². The lowest BCUT2D eigenvalue weighted by Gasteiger charge is -2.13. The van der Waals surface area contributed by atoms with Gasteiger partial charge >= 0.3 is 5.97 Å². The smallest absolute Gasteiger partial charge is 0.306 e. The molecule has 0 saturated carbocycles. The van der Waals surface area contributed by atoms with Crippen LogP contribution in [0.2, 0.25) is 0 Å². The minimum atomic E-state index is -0.708. The van der Waals surface area contributed by atoms with Crippen LogP contribution in [0.4, 0.5) is 0 Å². The lowest BCUT2D eigenvalue weighted by molar-refractivity contribution is -0.142. The standard InChI is InChI=1S/C25H40O3/c1-3-5-7-9-11-12-14-23(25(27)28)20-21-16-18-22(19-17-21)24(26)15-13-10-8-6-4-2/h16-19,23H,3-15,20H2,1-2H3,(H,27,28). The Morgan fingerprint density at radius 3 is 1.89 bits per heavy atom. The number of Topliss-reactive ketones (excluding diaryl/α,β-unsaturated/α-hetero) is 1. The molecule has 0 fully saturated rings. The van der Waals surface area contributed by atoms with Gasteiger partial charge in [0.2, 0.25) is 0 Å². The number of rotatable bonds is 17. The number of carboxylic acids is 1. The van der Waals surface area contributed by atoms with Crippen molar-refractivity contribution in [3.63, 3.8) is 0 Å². The lowest BCUT2D eigenvalue weighted by atomic mass is 9.92. The molecule has 1 unspecified atom stereocenters. The summed E-state index contributed by atoms with van der Waals surface area (Å²) in [5.74, 6) is -0.836. The quantitative estimate of drug-likeness (QED) is 0.226. The molecule has 1 aromatic rings. The van der Waals surface area contributed by atoms with Gasteiger partial charge in [-0.25, -0.2) is 0 Å². The maximum Gasteiger partial charge on any atom is 0.306 e. The second kappa shape index (κ2) is 15.3. The van der Waals surface area contributed by atoms with Gasteiger partial charge in [0.05, 0.1) is 5.92 Å². The fourth-order valence-corrected chi connectivity index (χ4v) is 3.63. The van der Waals surface area contributed by atoms with Crippen LogP contribution >= 0.6 is 0 Å². The van der Waals surface area contributed by atoms with Crippen LogP contribution in [0.15, 0.2) is 24.3 Å². The van der Waals surface area contributed by atoms with Crippen molar-refractivity contribution in [3.05, 3.63) is 35.4 Å². The number of hydrogen-bond donors (Lipinski definition) is 1. The number of carbonyl (C=O) groups is 2. The van der Waals surface area contributed by atoms with Gasteiger partial charge in [0.15, 0.2) is 5.78 Å². The summed E-state index contributed by atoms with van der Waals surface area (Å²) in [6.45, 7) is 4.39. The zero-order valence-corrected chi connectivity index (χ0v) is 18.0. The summed E-state index contributed by atoms with van der Waals surface area (Å²) in [5.41, 5.74) is 1.76. The number of carbonyl (C=O) groups excluding carboxylic acids is 1. The Morgan fingerprint density at radius 1 is 0.786 bits per heavy atom. The highest BCUT2D eigenvalue weighted by Gasteiger charge is 2.17. The third-order valence-electron chi connectivity index (χ3n) is 5.52. The van der Waals surface area contributed by atoms with E-state index < -0.39 is 5.97 Å². The van der Waals surface area contributed by atoms with Crippen LogP contribution in [-0.4, -0.2) is 16.9 Å². The van der Waals surface area contributed by atoms with E-state index in [1.54, 1.807) is 0 Å². The molecular formula is C25H40O3. The summed E-state index contributed by atoms with van der Waals surface area (Å²) in [5, 5.41) is 9.52. The highest BCUT2D eigenvalue weighted by Crippen LogP contribution is 2.19. The van der Waals surface area contributed by atoms with E-state index in [0.29, 0.717) is 12.8 Å². The van der Waals surface area contributed by atoms with E-state index in [4.69, 9.17) is 0 Å². The first-order valence-electron chi connectivity index (χ1n) is 11.4. The molecule has 0 aliphatic carbocycles. The number of hydrogen-bond acceptors (Lipinski definition) is 2. The Hall–Kier alpha value is -1.64. The molecule has 0 saturated heterocycles. The molecule has 0 bridgehead atoms. The summed E-state index contributed by atoms with van der Waals surface area (Å²) in [7, 11) is 0. The number of carboxylic acid groups (broad SMARTS) is 1. The van der Waals surface area contributed by atoms with Gasteiger partial charge in [-0.1, -0.05) is 102 Å². The van der Waals surface area contributed by atoms with Gasteiger partial charge < -0.3 is 5.11 Å². The maximum atomic E-state index is 12.3. The Kier molecular flexibility index (Phi) is 13.3. The van der Waals surface area contributed by atoms with Crippen LogP contribution in [0, 0.1) is 5.92 Å². The first kappa shape index (κ1) is 24.4. The molecule has 1 aromatic carbocycles. The molecule has 158 valence electrons. The van der Waals surface area contributed by atoms with Crippen LogP contribution in [-0.2, 0) is 11.2 Å². The average Bonchev–Trinajstić information content (AvgIpc) is 2.69. The molecule has 0 aliphatic heterocycles. The molecule has 0 aromatic heterocycles. The lowest BCUT2D eigenvalue weighted by Crippen LogP contribution is -2.16. The second-order valence-corrected chi connectivity index (χ2v) is 8.08. The predicted octanol–water partition coefficient (Wildman–Crippen LogP) is 7.22. The number of unbranched alkanes of at least 4 members (excludes halogenated alkanes) is 9. The Bertz CT molecular complexity index is 547. The third kappa shape index (κ3) is 10.6. The van der Waals surface area contributed by atoms with E-state index in [2.05, 4.69) is 13.8 Å². The fourth-order valence-electron chi connectivity index (χ4n) is 3.63. The van der Waals surface area contributed by atoms with Crippen molar-refractivity contribution in [3.8, 4) is 0 Å². The zero-order chi connectivity index (χ0) is 20.6. The monoisotopic (exact) mass is 388 g/mol. The minimum absolute atomic E-state index is 0.199. The van der Waals surface area contributed by atoms with Crippen LogP contribution in [0.1, 0.15) is 113 Å². The van der Waals surface area contributed by atoms with E-state index in [9.17, 15) is 14.7 Å². The molecule has 0 aliphatic rings. The van der Waals surface area contributed by atoms with Gasteiger partial charge in [-0.3, -0.25) is 9.59 Å². The van der Waals surface area contributed by atoms with Gasteiger partial charge in [0, 0.05) is 12.0 Å². The topological polar surface area (TPSA) is 54.4 Å². The van der Waals surface area contributed by atoms with Crippen LogP contribution < -0.4 is 0 Å². The van der Waals surface area contributed by atoms with E-state index >= 15 is 0 Å². The summed E-state index contributed by atoms with van der Waals surface area (Å²) in [4.78, 5) is 23.9. The molecule has 1 atom stereocenters. The molecule has 1 rings (SSSR count). The minimum Gasteiger partial charge on any atom is -0.481 e. The summed E-state index contributed by atoms with van der Waals surface area (Å²) in [6.07, 6.45) is 14.7. The second-order valence-electron chi connectivity index (χ2n) is 8.08. The van der Waals surface area contributed by atoms with Crippen molar-refractivity contribution in [2.45, 2.75) is 104 Å². The summed E-state index contributed by atoms with van der Waals surface area (Å²) in [6, 6.07) is 7.60. The Labute approximate surface area is 171 Å². The van der Waals surface area contributed by atoms with Gasteiger partial charge in [0.25, 0.3) is 0 Å². The van der Waals surface area contributed by atoms with Crippen LogP contribution in [0.3, 0.4) is 0 Å². The van der Waals surface area contributed by atoms with Gasteiger partial charge in [-0.2, -0.15) is 0 Å². The van der Waals surface area contributed by atoms with Gasteiger partial charge in [-0.05, 0) is 24.8 Å². The highest BCUT2D eigenvalue weighted by atomic mass is 16.4. The van der Waals surface area contributed by atoms with Crippen molar-refractivity contribution in [2.24, 2.45) is 5.92 Å². The molecule has 0 spiro atoms. The Balaban J connectivity index is 2.40.